The van der Waals surface area contributed by atoms with E-state index in [1.807, 2.05) is 18.7 Å². The smallest absolute Gasteiger partial charge is 0.0133 e. The van der Waals surface area contributed by atoms with Gasteiger partial charge in [-0.25, -0.2) is 0 Å². The van der Waals surface area contributed by atoms with Crippen LogP contribution in [0.25, 0.3) is 0 Å². The second kappa shape index (κ2) is 6.72. The minimum atomic E-state index is 0. The van der Waals surface area contributed by atoms with Gasteiger partial charge in [-0.3, -0.25) is 0 Å². The molecule has 0 unspecified atom stereocenters. The molecule has 0 bridgehead atoms. The molecule has 0 N–H and O–H groups in total. The van der Waals surface area contributed by atoms with Gasteiger partial charge in [-0.2, -0.15) is 0 Å². The summed E-state index contributed by atoms with van der Waals surface area (Å²) in [4.78, 5) is 1.96. The zero-order valence-corrected chi connectivity index (χ0v) is 8.11. The summed E-state index contributed by atoms with van der Waals surface area (Å²) in [6.45, 7) is 5.95. The molecule has 0 saturated heterocycles. The van der Waals surface area contributed by atoms with Gasteiger partial charge in [0, 0.05) is 29.6 Å². The van der Waals surface area contributed by atoms with E-state index in [-0.39, 0.29) is 16.5 Å². The van der Waals surface area contributed by atoms with E-state index in [2.05, 4.69) is 0 Å². The number of nitrogens with zero attached hydrogens (tertiary/aromatic N) is 1. The van der Waals surface area contributed by atoms with Crippen molar-refractivity contribution in [1.82, 2.24) is 4.90 Å². The molecular formula is C5H10NNiS2-. The Morgan fingerprint density at radius 2 is 1.78 bits per heavy atom. The van der Waals surface area contributed by atoms with E-state index in [0.29, 0.717) is 4.32 Å². The molecule has 9 heavy (non-hydrogen) atoms. The van der Waals surface area contributed by atoms with Gasteiger partial charge < -0.3 is 29.7 Å². The molecule has 1 nitrogen and oxygen atoms in total. The van der Waals surface area contributed by atoms with Crippen molar-refractivity contribution in [1.29, 1.82) is 0 Å². The van der Waals surface area contributed by atoms with Crippen molar-refractivity contribution in [2.24, 2.45) is 0 Å². The van der Waals surface area contributed by atoms with Crippen molar-refractivity contribution in [3.05, 3.63) is 0 Å². The van der Waals surface area contributed by atoms with Crippen molar-refractivity contribution in [3.63, 3.8) is 0 Å². The second-order valence-electron chi connectivity index (χ2n) is 1.44. The maximum Gasteiger partial charge on any atom is 0.0133 e. The largest absolute Gasteiger partial charge is 0.411 e. The van der Waals surface area contributed by atoms with Crippen molar-refractivity contribution in [2.45, 2.75) is 13.8 Å². The number of thiocarbonyl (C=S) groups is 1. The molecular weight excluding hydrogens is 197 g/mol. The zero-order chi connectivity index (χ0) is 6.57. The first-order valence-corrected chi connectivity index (χ1v) is 3.50. The van der Waals surface area contributed by atoms with E-state index >= 15 is 0 Å². The fourth-order valence-electron chi connectivity index (χ4n) is 0.482. The van der Waals surface area contributed by atoms with Crippen molar-refractivity contribution in [3.8, 4) is 0 Å². The van der Waals surface area contributed by atoms with Crippen LogP contribution >= 0.6 is 12.2 Å². The van der Waals surface area contributed by atoms with Crippen LogP contribution in [-0.4, -0.2) is 22.3 Å². The average molecular weight is 207 g/mol. The average Bonchev–Trinajstić information content (AvgIpc) is 1.69. The first kappa shape index (κ1) is 12.3. The summed E-state index contributed by atoms with van der Waals surface area (Å²) in [6.07, 6.45) is 0. The molecule has 0 saturated carbocycles. The van der Waals surface area contributed by atoms with Gasteiger partial charge in [0.1, 0.15) is 0 Å². The Labute approximate surface area is 77.5 Å². The van der Waals surface area contributed by atoms with Gasteiger partial charge in [0.2, 0.25) is 0 Å². The molecule has 0 amide bonds. The molecule has 0 fully saturated rings. The van der Waals surface area contributed by atoms with Crippen molar-refractivity contribution >= 4 is 29.2 Å². The Morgan fingerprint density at radius 3 is 1.78 bits per heavy atom. The third-order valence-electron chi connectivity index (χ3n) is 1.02. The SMILES string of the molecule is CCN(CC)C(=S)[S-].[Ni]. The normalized spacial score (nSPS) is 7.78. The van der Waals surface area contributed by atoms with Gasteiger partial charge in [-0.1, -0.05) is 4.32 Å². The zero-order valence-electron chi connectivity index (χ0n) is 5.49. The van der Waals surface area contributed by atoms with Crippen LogP contribution in [0.2, 0.25) is 0 Å². The van der Waals surface area contributed by atoms with Crippen LogP contribution in [0.15, 0.2) is 0 Å². The van der Waals surface area contributed by atoms with Crippen molar-refractivity contribution < 1.29 is 16.5 Å². The predicted molar refractivity (Wildman–Crippen MR) is 42.9 cm³/mol. The molecule has 0 aromatic heterocycles. The van der Waals surface area contributed by atoms with Gasteiger partial charge in [0.15, 0.2) is 0 Å². The van der Waals surface area contributed by atoms with Gasteiger partial charge in [-0.05, 0) is 13.8 Å². The second-order valence-corrected chi connectivity index (χ2v) is 2.47. The Balaban J connectivity index is 0. The van der Waals surface area contributed by atoms with Gasteiger partial charge in [0.05, 0.1) is 0 Å². The summed E-state index contributed by atoms with van der Waals surface area (Å²) in [7, 11) is 0. The molecule has 0 radical (unpaired) electrons. The maximum atomic E-state index is 4.76. The Kier molecular flexibility index (Phi) is 9.18. The summed E-state index contributed by atoms with van der Waals surface area (Å²) < 4.78 is 0.579. The Morgan fingerprint density at radius 1 is 1.44 bits per heavy atom. The van der Waals surface area contributed by atoms with Gasteiger partial charge >= 0.3 is 0 Å². The minimum absolute atomic E-state index is 0. The molecule has 0 aliphatic rings. The van der Waals surface area contributed by atoms with E-state index in [4.69, 9.17) is 24.8 Å². The van der Waals surface area contributed by atoms with Crippen LogP contribution in [0, 0.1) is 0 Å². The molecule has 58 valence electrons. The summed E-state index contributed by atoms with van der Waals surface area (Å²) >= 11 is 9.51. The topological polar surface area (TPSA) is 3.24 Å². The fraction of sp³-hybridized carbons (Fsp3) is 0.800. The van der Waals surface area contributed by atoms with Crippen LogP contribution in [0.4, 0.5) is 0 Å². The summed E-state index contributed by atoms with van der Waals surface area (Å²) in [5.74, 6) is 0. The Hall–Kier alpha value is 0.604. The molecule has 0 atom stereocenters. The predicted octanol–water partition coefficient (Wildman–Crippen LogP) is 1.16. The van der Waals surface area contributed by atoms with E-state index in [1.54, 1.807) is 0 Å². The molecule has 0 aromatic rings. The van der Waals surface area contributed by atoms with E-state index < -0.39 is 0 Å². The fourth-order valence-corrected chi connectivity index (χ4v) is 0.998. The van der Waals surface area contributed by atoms with E-state index in [0.717, 1.165) is 13.1 Å². The molecule has 4 heteroatoms. The summed E-state index contributed by atoms with van der Waals surface area (Å²) in [5, 5.41) is 0. The van der Waals surface area contributed by atoms with Crippen LogP contribution in [0.3, 0.4) is 0 Å². The van der Waals surface area contributed by atoms with E-state index in [1.165, 1.54) is 0 Å². The number of hydrogen-bond acceptors (Lipinski definition) is 2. The third kappa shape index (κ3) is 5.07. The number of rotatable bonds is 2. The molecule has 0 aliphatic carbocycles. The van der Waals surface area contributed by atoms with Crippen LogP contribution in [0.1, 0.15) is 13.8 Å². The monoisotopic (exact) mass is 206 g/mol. The van der Waals surface area contributed by atoms with E-state index in [9.17, 15) is 0 Å². The third-order valence-corrected chi connectivity index (χ3v) is 1.54. The van der Waals surface area contributed by atoms with Crippen molar-refractivity contribution in [2.75, 3.05) is 13.1 Å². The molecule has 0 aromatic carbocycles. The maximum absolute atomic E-state index is 4.76. The van der Waals surface area contributed by atoms with Crippen LogP contribution in [-0.2, 0) is 29.1 Å². The van der Waals surface area contributed by atoms with Gasteiger partial charge in [-0.15, -0.1) is 0 Å². The quantitative estimate of drug-likeness (QED) is 0.380. The summed E-state index contributed by atoms with van der Waals surface area (Å²) in [5.41, 5.74) is 0. The van der Waals surface area contributed by atoms with Crippen LogP contribution < -0.4 is 0 Å². The van der Waals surface area contributed by atoms with Crippen LogP contribution in [0.5, 0.6) is 0 Å². The summed E-state index contributed by atoms with van der Waals surface area (Å²) in [6, 6.07) is 0. The molecule has 0 spiro atoms. The Bertz CT molecular complexity index is 83.0. The number of hydrogen-bond donors (Lipinski definition) is 0. The van der Waals surface area contributed by atoms with Gasteiger partial charge in [0.25, 0.3) is 0 Å². The standard InChI is InChI=1S/C5H11NS2.Ni/c1-3-6(4-2)5(7)8;/h3-4H2,1-2H3,(H,7,8);/p-1. The molecule has 0 rings (SSSR count). The minimum Gasteiger partial charge on any atom is -0.411 e. The first-order chi connectivity index (χ1) is 3.72. The first-order valence-electron chi connectivity index (χ1n) is 2.68. The molecule has 0 aliphatic heterocycles. The molecule has 0 heterocycles.